The molecule has 2 heterocycles. The Kier molecular flexibility index (Phi) is 4.47. The van der Waals surface area contributed by atoms with E-state index in [9.17, 15) is 9.90 Å². The molecule has 2 aromatic heterocycles. The highest BCUT2D eigenvalue weighted by atomic mass is 16.4. The van der Waals surface area contributed by atoms with Crippen LogP contribution >= 0.6 is 0 Å². The molecule has 25 heavy (non-hydrogen) atoms. The highest BCUT2D eigenvalue weighted by Crippen LogP contribution is 2.32. The number of aromatic hydroxyl groups is 1. The fraction of sp³-hybridized carbons (Fsp3) is 0.222. The van der Waals surface area contributed by atoms with E-state index in [-0.39, 0.29) is 18.1 Å². The lowest BCUT2D eigenvalue weighted by Crippen LogP contribution is -1.99. The summed E-state index contributed by atoms with van der Waals surface area (Å²) in [5.74, 6) is -0.105. The number of pyridine rings is 1. The number of imidazole rings is 1. The summed E-state index contributed by atoms with van der Waals surface area (Å²) in [6.07, 6.45) is 1.75. The topological polar surface area (TPSA) is 99.5 Å². The molecular weight excluding hydrogens is 320 g/mol. The molecule has 1 aromatic carbocycles. The number of hydrogen-bond donors (Lipinski definition) is 2. The lowest BCUT2D eigenvalue weighted by Gasteiger charge is -2.02. The number of nitrogens with zero attached hydrogens (tertiary/aromatic N) is 4. The third-order valence-electron chi connectivity index (χ3n) is 3.73. The van der Waals surface area contributed by atoms with E-state index in [1.807, 2.05) is 13.8 Å². The Morgan fingerprint density at radius 2 is 1.92 bits per heavy atom. The Morgan fingerprint density at radius 1 is 1.20 bits per heavy atom. The summed E-state index contributed by atoms with van der Waals surface area (Å²) in [5.41, 5.74) is 2.50. The van der Waals surface area contributed by atoms with Gasteiger partial charge in [0.15, 0.2) is 17.2 Å². The van der Waals surface area contributed by atoms with E-state index < -0.39 is 5.97 Å². The number of hydrogen-bond acceptors (Lipinski definition) is 5. The van der Waals surface area contributed by atoms with E-state index in [4.69, 9.17) is 5.11 Å². The van der Waals surface area contributed by atoms with Crippen molar-refractivity contribution in [3.8, 4) is 5.75 Å². The van der Waals surface area contributed by atoms with E-state index in [0.29, 0.717) is 22.7 Å². The predicted octanol–water partition coefficient (Wildman–Crippen LogP) is 4.21. The summed E-state index contributed by atoms with van der Waals surface area (Å²) in [5, 5.41) is 27.3. The van der Waals surface area contributed by atoms with E-state index in [0.717, 1.165) is 5.69 Å². The second kappa shape index (κ2) is 6.72. The van der Waals surface area contributed by atoms with Crippen LogP contribution in [0.1, 0.15) is 31.0 Å². The Labute approximate surface area is 144 Å². The number of azo groups is 1. The number of aromatic nitrogens is 2. The average Bonchev–Trinajstić information content (AvgIpc) is 2.94. The minimum absolute atomic E-state index is 0.0263. The van der Waals surface area contributed by atoms with E-state index >= 15 is 0 Å². The first-order chi connectivity index (χ1) is 12.0. The molecule has 0 aliphatic rings. The van der Waals surface area contributed by atoms with Crippen LogP contribution in [0.2, 0.25) is 0 Å². The molecule has 0 aliphatic heterocycles. The number of fused-ring (bicyclic) bond motifs is 1. The summed E-state index contributed by atoms with van der Waals surface area (Å²) in [6.45, 7) is 4.00. The van der Waals surface area contributed by atoms with Crippen molar-refractivity contribution in [1.82, 2.24) is 9.38 Å². The van der Waals surface area contributed by atoms with Crippen molar-refractivity contribution in [3.63, 3.8) is 0 Å². The zero-order chi connectivity index (χ0) is 18.0. The fourth-order valence-electron chi connectivity index (χ4n) is 2.51. The van der Waals surface area contributed by atoms with Crippen LogP contribution in [0.5, 0.6) is 5.75 Å². The van der Waals surface area contributed by atoms with Crippen LogP contribution in [0.15, 0.2) is 52.8 Å². The quantitative estimate of drug-likeness (QED) is 0.681. The third-order valence-corrected chi connectivity index (χ3v) is 3.73. The molecule has 0 fully saturated rings. The van der Waals surface area contributed by atoms with Crippen LogP contribution < -0.4 is 0 Å². The van der Waals surface area contributed by atoms with Gasteiger partial charge >= 0.3 is 5.97 Å². The van der Waals surface area contributed by atoms with Crippen molar-refractivity contribution in [2.24, 2.45) is 10.2 Å². The fourth-order valence-corrected chi connectivity index (χ4v) is 2.51. The molecule has 0 atom stereocenters. The van der Waals surface area contributed by atoms with Gasteiger partial charge in [0.2, 0.25) is 0 Å². The molecule has 3 rings (SSSR count). The summed E-state index contributed by atoms with van der Waals surface area (Å²) < 4.78 is 1.70. The molecule has 0 saturated heterocycles. The van der Waals surface area contributed by atoms with Gasteiger partial charge in [-0.15, -0.1) is 10.2 Å². The number of rotatable bonds is 5. The molecule has 128 valence electrons. The zero-order valence-corrected chi connectivity index (χ0v) is 13.9. The van der Waals surface area contributed by atoms with Crippen LogP contribution in [0, 0.1) is 0 Å². The number of aliphatic carboxylic acids is 1. The van der Waals surface area contributed by atoms with Gasteiger partial charge in [-0.2, -0.15) is 0 Å². The smallest absolute Gasteiger partial charge is 0.307 e. The van der Waals surface area contributed by atoms with Crippen LogP contribution in [0.25, 0.3) is 5.65 Å². The Morgan fingerprint density at radius 3 is 2.56 bits per heavy atom. The molecule has 0 radical (unpaired) electrons. The molecule has 7 nitrogen and oxygen atoms in total. The standard InChI is InChI=1S/C18H18N4O3/c1-11(2)16-18(22-9-3-4-14(23)17(22)19-16)21-20-13-7-5-12(6-8-13)10-15(24)25/h3-9,11,23H,10H2,1-2H3,(H,24,25). The van der Waals surface area contributed by atoms with Gasteiger partial charge in [-0.1, -0.05) is 26.0 Å². The van der Waals surface area contributed by atoms with E-state index in [1.165, 1.54) is 0 Å². The number of carboxylic acids is 1. The van der Waals surface area contributed by atoms with Crippen LogP contribution in [-0.4, -0.2) is 25.6 Å². The Bertz CT molecular complexity index is 943. The molecule has 0 spiro atoms. The first kappa shape index (κ1) is 16.6. The lowest BCUT2D eigenvalue weighted by molar-refractivity contribution is -0.136. The maximum absolute atomic E-state index is 10.7. The lowest BCUT2D eigenvalue weighted by atomic mass is 10.1. The minimum Gasteiger partial charge on any atom is -0.504 e. The second-order valence-corrected chi connectivity index (χ2v) is 6.00. The van der Waals surface area contributed by atoms with Gasteiger partial charge in [0, 0.05) is 6.20 Å². The number of carbonyl (C=O) groups is 1. The largest absolute Gasteiger partial charge is 0.504 e. The van der Waals surface area contributed by atoms with Gasteiger partial charge < -0.3 is 10.2 Å². The van der Waals surface area contributed by atoms with Crippen LogP contribution in [0.3, 0.4) is 0 Å². The van der Waals surface area contributed by atoms with E-state index in [2.05, 4.69) is 15.2 Å². The highest BCUT2D eigenvalue weighted by molar-refractivity contribution is 5.70. The van der Waals surface area contributed by atoms with Crippen molar-refractivity contribution in [1.29, 1.82) is 0 Å². The van der Waals surface area contributed by atoms with Crippen molar-refractivity contribution >= 4 is 23.1 Å². The van der Waals surface area contributed by atoms with Crippen molar-refractivity contribution in [3.05, 3.63) is 53.9 Å². The summed E-state index contributed by atoms with van der Waals surface area (Å²) in [4.78, 5) is 15.2. The highest BCUT2D eigenvalue weighted by Gasteiger charge is 2.16. The molecule has 0 aliphatic carbocycles. The van der Waals surface area contributed by atoms with Gasteiger partial charge in [-0.3, -0.25) is 9.20 Å². The molecule has 3 aromatic rings. The minimum atomic E-state index is -0.874. The van der Waals surface area contributed by atoms with Crippen LogP contribution in [0.4, 0.5) is 11.5 Å². The monoisotopic (exact) mass is 338 g/mol. The predicted molar refractivity (Wildman–Crippen MR) is 92.9 cm³/mol. The van der Waals surface area contributed by atoms with E-state index in [1.54, 1.807) is 47.0 Å². The van der Waals surface area contributed by atoms with Crippen molar-refractivity contribution in [2.45, 2.75) is 26.2 Å². The summed E-state index contributed by atoms with van der Waals surface area (Å²) in [7, 11) is 0. The Balaban J connectivity index is 1.96. The maximum Gasteiger partial charge on any atom is 0.307 e. The summed E-state index contributed by atoms with van der Waals surface area (Å²) in [6, 6.07) is 10.2. The van der Waals surface area contributed by atoms with Crippen molar-refractivity contribution in [2.75, 3.05) is 0 Å². The van der Waals surface area contributed by atoms with Crippen molar-refractivity contribution < 1.29 is 15.0 Å². The third kappa shape index (κ3) is 3.50. The normalized spacial score (nSPS) is 11.6. The SMILES string of the molecule is CC(C)c1nc2c(O)cccn2c1N=Nc1ccc(CC(=O)O)cc1. The first-order valence-corrected chi connectivity index (χ1v) is 7.88. The van der Waals surface area contributed by atoms with Gasteiger partial charge in [0.1, 0.15) is 0 Å². The maximum atomic E-state index is 10.7. The van der Waals surface area contributed by atoms with Crippen LogP contribution in [-0.2, 0) is 11.2 Å². The average molecular weight is 338 g/mol. The molecule has 0 saturated carbocycles. The molecule has 0 amide bonds. The Hall–Kier alpha value is -3.22. The molecule has 2 N–H and O–H groups in total. The second-order valence-electron chi connectivity index (χ2n) is 6.00. The van der Waals surface area contributed by atoms with Gasteiger partial charge in [-0.25, -0.2) is 4.98 Å². The summed E-state index contributed by atoms with van der Waals surface area (Å²) >= 11 is 0. The molecule has 7 heteroatoms. The molecule has 0 bridgehead atoms. The zero-order valence-electron chi connectivity index (χ0n) is 13.9. The van der Waals surface area contributed by atoms with Gasteiger partial charge in [0.25, 0.3) is 0 Å². The number of carboxylic acid groups (broad SMARTS) is 1. The molecule has 0 unspecified atom stereocenters. The van der Waals surface area contributed by atoms with Gasteiger partial charge in [0.05, 0.1) is 17.8 Å². The molecular formula is C18H18N4O3. The van der Waals surface area contributed by atoms with Gasteiger partial charge in [-0.05, 0) is 35.7 Å². The number of benzene rings is 1. The first-order valence-electron chi connectivity index (χ1n) is 7.88.